The van der Waals surface area contributed by atoms with Crippen LogP contribution in [0.1, 0.15) is 57.7 Å². The summed E-state index contributed by atoms with van der Waals surface area (Å²) in [4.78, 5) is 15.1. The predicted octanol–water partition coefficient (Wildman–Crippen LogP) is 4.85. The third kappa shape index (κ3) is 4.84. The van der Waals surface area contributed by atoms with E-state index in [0.29, 0.717) is 17.9 Å². The number of hydrogen-bond acceptors (Lipinski definition) is 5. The smallest absolute Gasteiger partial charge is 0.231 e. The lowest BCUT2D eigenvalue weighted by Gasteiger charge is -2.35. The maximum absolute atomic E-state index is 12.9. The third-order valence-electron chi connectivity index (χ3n) is 5.70. The average Bonchev–Trinajstić information content (AvgIpc) is 3.14. The number of carbonyl (C=O) groups is 1. The number of likely N-dealkylation sites (N-methyl/N-ethyl adjacent to an activating group) is 1. The highest BCUT2D eigenvalue weighted by Gasteiger charge is 2.34. The van der Waals surface area contributed by atoms with Gasteiger partial charge in [0.2, 0.25) is 12.5 Å². The molecule has 2 aliphatic rings. The minimum atomic E-state index is -0.0486. The van der Waals surface area contributed by atoms with Gasteiger partial charge in [-0.15, -0.1) is 0 Å². The van der Waals surface area contributed by atoms with Crippen LogP contribution in [0.3, 0.4) is 0 Å². The summed E-state index contributed by atoms with van der Waals surface area (Å²) in [6.45, 7) is 9.60. The fraction of sp³-hybridized carbons (Fsp3) is 0.542. The molecule has 0 radical (unpaired) electrons. The van der Waals surface area contributed by atoms with Gasteiger partial charge in [-0.3, -0.25) is 9.69 Å². The molecule has 0 aliphatic carbocycles. The van der Waals surface area contributed by atoms with Gasteiger partial charge in [-0.25, -0.2) is 0 Å². The van der Waals surface area contributed by atoms with Gasteiger partial charge in [0.1, 0.15) is 0 Å². The van der Waals surface area contributed by atoms with Gasteiger partial charge in [0.05, 0.1) is 7.11 Å². The molecule has 5 nitrogen and oxygen atoms in total. The Kier molecular flexibility index (Phi) is 6.37. The topological polar surface area (TPSA) is 48.0 Å². The lowest BCUT2D eigenvalue weighted by atomic mass is 9.86. The second kappa shape index (κ2) is 8.62. The maximum Gasteiger partial charge on any atom is 0.231 e. The molecule has 0 fully saturated rings. The van der Waals surface area contributed by atoms with Gasteiger partial charge < -0.3 is 14.2 Å². The normalized spacial score (nSPS) is 18.6. The Labute approximate surface area is 174 Å². The molecule has 0 bridgehead atoms. The van der Waals surface area contributed by atoms with E-state index in [1.54, 1.807) is 13.2 Å². The highest BCUT2D eigenvalue weighted by Crippen LogP contribution is 2.50. The molecule has 0 saturated heterocycles. The van der Waals surface area contributed by atoms with Crippen molar-refractivity contribution < 1.29 is 19.0 Å². The summed E-state index contributed by atoms with van der Waals surface area (Å²) in [5.74, 6) is 2.21. The van der Waals surface area contributed by atoms with Crippen molar-refractivity contribution in [2.24, 2.45) is 5.41 Å². The Hall–Kier alpha value is -2.27. The zero-order valence-electron chi connectivity index (χ0n) is 18.5. The van der Waals surface area contributed by atoms with Gasteiger partial charge >= 0.3 is 0 Å². The first-order valence-corrected chi connectivity index (χ1v) is 10.3. The lowest BCUT2D eigenvalue weighted by Crippen LogP contribution is -2.33. The van der Waals surface area contributed by atoms with Gasteiger partial charge in [0.15, 0.2) is 17.3 Å². The van der Waals surface area contributed by atoms with Crippen molar-refractivity contribution in [3.05, 3.63) is 41.0 Å². The molecule has 2 aliphatic heterocycles. The second-order valence-electron chi connectivity index (χ2n) is 8.94. The van der Waals surface area contributed by atoms with Crippen LogP contribution in [0.15, 0.2) is 29.9 Å². The number of allylic oxidation sites excluding steroid dienone is 4. The van der Waals surface area contributed by atoms with Crippen molar-refractivity contribution in [1.29, 1.82) is 0 Å². The first kappa shape index (κ1) is 21.4. The van der Waals surface area contributed by atoms with Crippen molar-refractivity contribution in [3.63, 3.8) is 0 Å². The summed E-state index contributed by atoms with van der Waals surface area (Å²) in [6, 6.07) is 2.00. The van der Waals surface area contributed by atoms with Crippen LogP contribution in [0.4, 0.5) is 0 Å². The third-order valence-corrected chi connectivity index (χ3v) is 5.70. The molecule has 29 heavy (non-hydrogen) atoms. The van der Waals surface area contributed by atoms with Crippen molar-refractivity contribution in [3.8, 4) is 17.2 Å². The molecular weight excluding hydrogens is 366 g/mol. The Morgan fingerprint density at radius 2 is 2.10 bits per heavy atom. The fourth-order valence-electron chi connectivity index (χ4n) is 3.90. The highest BCUT2D eigenvalue weighted by molar-refractivity contribution is 5.90. The second-order valence-corrected chi connectivity index (χ2v) is 8.94. The zero-order chi connectivity index (χ0) is 21.2. The fourth-order valence-corrected chi connectivity index (χ4v) is 3.90. The van der Waals surface area contributed by atoms with Crippen molar-refractivity contribution in [2.45, 2.75) is 53.0 Å². The number of carbonyl (C=O) groups excluding carboxylic acids is 1. The van der Waals surface area contributed by atoms with Crippen LogP contribution in [0, 0.1) is 5.41 Å². The van der Waals surface area contributed by atoms with Crippen LogP contribution in [0.25, 0.3) is 0 Å². The van der Waals surface area contributed by atoms with E-state index in [1.807, 2.05) is 12.1 Å². The Morgan fingerprint density at radius 1 is 1.34 bits per heavy atom. The van der Waals surface area contributed by atoms with E-state index in [2.05, 4.69) is 45.7 Å². The first-order valence-electron chi connectivity index (χ1n) is 10.3. The molecule has 0 N–H and O–H groups in total. The number of ether oxygens (including phenoxy) is 3. The van der Waals surface area contributed by atoms with E-state index in [-0.39, 0.29) is 24.0 Å². The van der Waals surface area contributed by atoms with E-state index >= 15 is 0 Å². The summed E-state index contributed by atoms with van der Waals surface area (Å²) < 4.78 is 16.9. The number of hydrogen-bond donors (Lipinski definition) is 0. The molecule has 0 spiro atoms. The molecule has 1 aromatic rings. The number of rotatable bonds is 7. The minimum absolute atomic E-state index is 0.0405. The molecule has 0 unspecified atom stereocenters. The first-order chi connectivity index (χ1) is 13.7. The van der Waals surface area contributed by atoms with E-state index in [0.717, 1.165) is 30.7 Å². The molecule has 2 heterocycles. The summed E-state index contributed by atoms with van der Waals surface area (Å²) in [6.07, 6.45) is 8.23. The van der Waals surface area contributed by atoms with Crippen LogP contribution in [0.5, 0.6) is 17.2 Å². The van der Waals surface area contributed by atoms with Gasteiger partial charge in [-0.05, 0) is 56.9 Å². The molecule has 5 heteroatoms. The summed E-state index contributed by atoms with van der Waals surface area (Å²) in [5.41, 5.74) is 3.47. The number of methoxy groups -OCH3 is 1. The lowest BCUT2D eigenvalue weighted by molar-refractivity contribution is -0.115. The molecular formula is C24H33NO4. The number of benzene rings is 1. The van der Waals surface area contributed by atoms with Crippen molar-refractivity contribution in [1.82, 2.24) is 4.90 Å². The summed E-state index contributed by atoms with van der Waals surface area (Å²) >= 11 is 0. The number of nitrogens with zero attached hydrogens (tertiary/aromatic N) is 1. The van der Waals surface area contributed by atoms with E-state index in [9.17, 15) is 4.79 Å². The van der Waals surface area contributed by atoms with E-state index in [1.165, 1.54) is 11.1 Å². The Morgan fingerprint density at radius 3 is 2.79 bits per heavy atom. The molecule has 158 valence electrons. The molecule has 0 saturated carbocycles. The van der Waals surface area contributed by atoms with E-state index in [4.69, 9.17) is 14.2 Å². The van der Waals surface area contributed by atoms with Crippen LogP contribution < -0.4 is 14.2 Å². The Balaban J connectivity index is 1.82. The predicted molar refractivity (Wildman–Crippen MR) is 115 cm³/mol. The van der Waals surface area contributed by atoms with Crippen LogP contribution in [-0.4, -0.2) is 38.2 Å². The van der Waals surface area contributed by atoms with Crippen LogP contribution in [-0.2, 0) is 11.2 Å². The Bertz CT molecular complexity index is 834. The number of ketones is 1. The molecule has 1 aromatic carbocycles. The van der Waals surface area contributed by atoms with Gasteiger partial charge in [0, 0.05) is 24.6 Å². The monoisotopic (exact) mass is 399 g/mol. The van der Waals surface area contributed by atoms with Crippen molar-refractivity contribution in [2.75, 3.05) is 27.5 Å². The number of fused-ring (bicyclic) bond motifs is 2. The van der Waals surface area contributed by atoms with Crippen molar-refractivity contribution >= 4 is 5.78 Å². The highest BCUT2D eigenvalue weighted by atomic mass is 16.7. The molecule has 0 amide bonds. The standard InChI is InChI=1S/C24H33NO4/c1-16(2)7-10-24(3,4)11-8-18(26)14-19-21-17(9-12-25(19)5)13-20-22(23(21)27-6)29-15-28-20/h7-8,11,13,19H,9-10,12,14-15H2,1-6H3/b11-8+/t19-/m0/s1. The minimum Gasteiger partial charge on any atom is -0.492 e. The molecule has 1 atom stereocenters. The SMILES string of the molecule is COc1c2c(cc3c1[C@H](CC(=O)/C=C/C(C)(C)CC=C(C)C)N(C)CC3)OCO2. The molecule has 0 aromatic heterocycles. The summed E-state index contributed by atoms with van der Waals surface area (Å²) in [5, 5.41) is 0. The van der Waals surface area contributed by atoms with Crippen LogP contribution in [0.2, 0.25) is 0 Å². The van der Waals surface area contributed by atoms with Crippen LogP contribution >= 0.6 is 0 Å². The quantitative estimate of drug-likeness (QED) is 0.484. The summed E-state index contributed by atoms with van der Waals surface area (Å²) in [7, 11) is 3.71. The molecule has 3 rings (SSSR count). The van der Waals surface area contributed by atoms with Gasteiger partial charge in [-0.1, -0.05) is 31.6 Å². The van der Waals surface area contributed by atoms with Gasteiger partial charge in [0.25, 0.3) is 0 Å². The zero-order valence-corrected chi connectivity index (χ0v) is 18.5. The van der Waals surface area contributed by atoms with Gasteiger partial charge in [-0.2, -0.15) is 0 Å². The van der Waals surface area contributed by atoms with E-state index < -0.39 is 0 Å². The maximum atomic E-state index is 12.9. The largest absolute Gasteiger partial charge is 0.492 e. The average molecular weight is 400 g/mol.